The fourth-order valence-electron chi connectivity index (χ4n) is 3.54. The molecule has 0 spiro atoms. The average molecular weight is 280 g/mol. The monoisotopic (exact) mass is 280 g/mol. The van der Waals surface area contributed by atoms with Crippen molar-refractivity contribution in [2.24, 2.45) is 10.8 Å². The topological polar surface area (TPSA) is 15.3 Å². The lowest BCUT2D eigenvalue weighted by Gasteiger charge is -2.37. The third-order valence-corrected chi connectivity index (χ3v) is 5.83. The van der Waals surface area contributed by atoms with Gasteiger partial charge in [0.2, 0.25) is 0 Å². The molecule has 0 aromatic carbocycles. The molecule has 2 rings (SSSR count). The maximum Gasteiger partial charge on any atom is 0.00684 e. The summed E-state index contributed by atoms with van der Waals surface area (Å²) in [5.74, 6) is 0. The van der Waals surface area contributed by atoms with Gasteiger partial charge >= 0.3 is 0 Å². The number of nitrogens with zero attached hydrogens (tertiary/aromatic N) is 1. The lowest BCUT2D eigenvalue weighted by atomic mass is 9.81. The summed E-state index contributed by atoms with van der Waals surface area (Å²) < 4.78 is 0. The van der Waals surface area contributed by atoms with Crippen LogP contribution in [0.4, 0.5) is 0 Å². The number of rotatable bonds is 7. The fraction of sp³-hybridized carbons (Fsp3) is 1.00. The Bertz CT molecular complexity index is 290. The predicted molar refractivity (Wildman–Crippen MR) is 88.1 cm³/mol. The van der Waals surface area contributed by atoms with E-state index >= 15 is 0 Å². The lowest BCUT2D eigenvalue weighted by Crippen LogP contribution is -2.44. The Balaban J connectivity index is 1.88. The molecule has 0 aromatic rings. The summed E-state index contributed by atoms with van der Waals surface area (Å²) in [6.07, 6.45) is 9.57. The molecule has 1 saturated carbocycles. The minimum absolute atomic E-state index is 0.497. The Labute approximate surface area is 126 Å². The van der Waals surface area contributed by atoms with E-state index in [1.807, 2.05) is 0 Å². The third kappa shape index (κ3) is 4.73. The Morgan fingerprint density at radius 2 is 1.80 bits per heavy atom. The molecule has 1 aliphatic carbocycles. The van der Waals surface area contributed by atoms with Gasteiger partial charge in [-0.3, -0.25) is 0 Å². The van der Waals surface area contributed by atoms with Crippen molar-refractivity contribution in [3.05, 3.63) is 0 Å². The van der Waals surface area contributed by atoms with Crippen LogP contribution < -0.4 is 5.32 Å². The Morgan fingerprint density at radius 1 is 1.10 bits per heavy atom. The predicted octanol–water partition coefficient (Wildman–Crippen LogP) is 4.06. The van der Waals surface area contributed by atoms with Gasteiger partial charge in [0.1, 0.15) is 0 Å². The van der Waals surface area contributed by atoms with Gasteiger partial charge in [0.05, 0.1) is 0 Å². The highest BCUT2D eigenvalue weighted by molar-refractivity contribution is 4.89. The summed E-state index contributed by atoms with van der Waals surface area (Å²) in [6, 6.07) is 0.843. The molecule has 1 heterocycles. The summed E-state index contributed by atoms with van der Waals surface area (Å²) >= 11 is 0. The molecule has 1 aliphatic heterocycles. The largest absolute Gasteiger partial charge is 0.313 e. The molecule has 0 aromatic heterocycles. The molecule has 1 N–H and O–H groups in total. The number of nitrogens with one attached hydrogen (secondary N) is 1. The molecule has 118 valence electrons. The van der Waals surface area contributed by atoms with Gasteiger partial charge in [0, 0.05) is 19.1 Å². The van der Waals surface area contributed by atoms with Crippen LogP contribution in [0.1, 0.15) is 72.6 Å². The number of hydrogen-bond donors (Lipinski definition) is 1. The minimum Gasteiger partial charge on any atom is -0.313 e. The summed E-state index contributed by atoms with van der Waals surface area (Å²) in [5.41, 5.74) is 1.05. The molecule has 2 nitrogen and oxygen atoms in total. The second kappa shape index (κ2) is 6.79. The standard InChI is InChI=1S/C18H36N2/c1-5-18(6-2,14-19-16-8-9-16)15-20-12-7-10-17(3,4)11-13-20/h16,19H,5-15H2,1-4H3. The van der Waals surface area contributed by atoms with Crippen molar-refractivity contribution in [1.82, 2.24) is 10.2 Å². The van der Waals surface area contributed by atoms with Crippen molar-refractivity contribution in [3.63, 3.8) is 0 Å². The molecule has 1 saturated heterocycles. The van der Waals surface area contributed by atoms with E-state index in [1.54, 1.807) is 0 Å². The van der Waals surface area contributed by atoms with Crippen LogP contribution in [0.25, 0.3) is 0 Å². The van der Waals surface area contributed by atoms with E-state index in [-0.39, 0.29) is 0 Å². The molecule has 0 unspecified atom stereocenters. The summed E-state index contributed by atoms with van der Waals surface area (Å²) in [5, 5.41) is 3.79. The van der Waals surface area contributed by atoms with Crippen LogP contribution in [0.2, 0.25) is 0 Å². The van der Waals surface area contributed by atoms with E-state index in [0.29, 0.717) is 10.8 Å². The third-order valence-electron chi connectivity index (χ3n) is 5.83. The lowest BCUT2D eigenvalue weighted by molar-refractivity contribution is 0.133. The SMILES string of the molecule is CCC(CC)(CNC1CC1)CN1CCCC(C)(C)CC1. The van der Waals surface area contributed by atoms with Gasteiger partial charge in [-0.25, -0.2) is 0 Å². The van der Waals surface area contributed by atoms with Crippen LogP contribution in [0.5, 0.6) is 0 Å². The molecular weight excluding hydrogens is 244 g/mol. The Hall–Kier alpha value is -0.0800. The van der Waals surface area contributed by atoms with E-state index in [2.05, 4.69) is 37.9 Å². The second-order valence-electron chi connectivity index (χ2n) is 8.16. The van der Waals surface area contributed by atoms with Crippen LogP contribution >= 0.6 is 0 Å². The van der Waals surface area contributed by atoms with Crippen molar-refractivity contribution < 1.29 is 0 Å². The maximum atomic E-state index is 3.79. The van der Waals surface area contributed by atoms with Crippen LogP contribution in [-0.2, 0) is 0 Å². The molecule has 2 heteroatoms. The first-order valence-electron chi connectivity index (χ1n) is 8.94. The van der Waals surface area contributed by atoms with Crippen molar-refractivity contribution in [1.29, 1.82) is 0 Å². The smallest absolute Gasteiger partial charge is 0.00684 e. The van der Waals surface area contributed by atoms with Crippen LogP contribution in [0.15, 0.2) is 0 Å². The van der Waals surface area contributed by atoms with Gasteiger partial charge in [-0.05, 0) is 68.9 Å². The highest BCUT2D eigenvalue weighted by atomic mass is 15.1. The quantitative estimate of drug-likeness (QED) is 0.756. The Morgan fingerprint density at radius 3 is 2.40 bits per heavy atom. The first-order valence-corrected chi connectivity index (χ1v) is 8.94. The normalized spacial score (nSPS) is 24.6. The first kappa shape index (κ1) is 16.3. The van der Waals surface area contributed by atoms with Gasteiger partial charge in [0.15, 0.2) is 0 Å². The molecule has 20 heavy (non-hydrogen) atoms. The Kier molecular flexibility index (Phi) is 5.53. The van der Waals surface area contributed by atoms with Gasteiger partial charge in [-0.1, -0.05) is 27.7 Å². The fourth-order valence-corrected chi connectivity index (χ4v) is 3.54. The van der Waals surface area contributed by atoms with Gasteiger partial charge in [0.25, 0.3) is 0 Å². The van der Waals surface area contributed by atoms with E-state index in [0.717, 1.165) is 6.04 Å². The highest BCUT2D eigenvalue weighted by Crippen LogP contribution is 2.33. The second-order valence-corrected chi connectivity index (χ2v) is 8.16. The molecule has 0 atom stereocenters. The maximum absolute atomic E-state index is 3.79. The van der Waals surface area contributed by atoms with Crippen LogP contribution in [-0.4, -0.2) is 37.1 Å². The molecule has 2 aliphatic rings. The molecule has 0 bridgehead atoms. The van der Waals surface area contributed by atoms with E-state index < -0.39 is 0 Å². The zero-order chi connectivity index (χ0) is 14.6. The van der Waals surface area contributed by atoms with Gasteiger partial charge < -0.3 is 10.2 Å². The van der Waals surface area contributed by atoms with Crippen molar-refractivity contribution >= 4 is 0 Å². The minimum atomic E-state index is 0.497. The molecule has 0 amide bonds. The van der Waals surface area contributed by atoms with E-state index in [9.17, 15) is 0 Å². The van der Waals surface area contributed by atoms with Gasteiger partial charge in [-0.15, -0.1) is 0 Å². The summed E-state index contributed by atoms with van der Waals surface area (Å²) in [6.45, 7) is 14.8. The van der Waals surface area contributed by atoms with Gasteiger partial charge in [-0.2, -0.15) is 0 Å². The molecule has 0 radical (unpaired) electrons. The van der Waals surface area contributed by atoms with Crippen LogP contribution in [0.3, 0.4) is 0 Å². The highest BCUT2D eigenvalue weighted by Gasteiger charge is 2.33. The molecular formula is C18H36N2. The van der Waals surface area contributed by atoms with E-state index in [1.165, 1.54) is 71.1 Å². The van der Waals surface area contributed by atoms with Crippen molar-refractivity contribution in [2.45, 2.75) is 78.7 Å². The van der Waals surface area contributed by atoms with E-state index in [4.69, 9.17) is 0 Å². The summed E-state index contributed by atoms with van der Waals surface area (Å²) in [7, 11) is 0. The zero-order valence-corrected chi connectivity index (χ0v) is 14.3. The van der Waals surface area contributed by atoms with Crippen molar-refractivity contribution in [3.8, 4) is 0 Å². The number of hydrogen-bond acceptors (Lipinski definition) is 2. The zero-order valence-electron chi connectivity index (χ0n) is 14.3. The molecule has 2 fully saturated rings. The number of likely N-dealkylation sites (tertiary alicyclic amines) is 1. The first-order chi connectivity index (χ1) is 9.49. The average Bonchev–Trinajstić information content (AvgIpc) is 3.24. The summed E-state index contributed by atoms with van der Waals surface area (Å²) in [4.78, 5) is 2.76. The van der Waals surface area contributed by atoms with Crippen molar-refractivity contribution in [2.75, 3.05) is 26.2 Å². The van der Waals surface area contributed by atoms with Crippen LogP contribution in [0, 0.1) is 10.8 Å².